The third-order valence-corrected chi connectivity index (χ3v) is 9.75. The zero-order valence-corrected chi connectivity index (χ0v) is 26.2. The molecule has 44 heavy (non-hydrogen) atoms. The molecule has 2 aromatic carbocycles. The largest absolute Gasteiger partial charge is 0.396 e. The molecule has 234 valence electrons. The monoisotopic (exact) mass is 599 g/mol. The highest BCUT2D eigenvalue weighted by Gasteiger charge is 2.78. The van der Waals surface area contributed by atoms with Crippen molar-refractivity contribution < 1.29 is 24.2 Å². The van der Waals surface area contributed by atoms with Gasteiger partial charge in [-0.1, -0.05) is 60.7 Å². The van der Waals surface area contributed by atoms with E-state index in [1.54, 1.807) is 26.9 Å². The number of likely N-dealkylation sites (tertiary alicyclic amines) is 1. The van der Waals surface area contributed by atoms with E-state index in [0.29, 0.717) is 45.3 Å². The van der Waals surface area contributed by atoms with Crippen molar-refractivity contribution in [3.05, 3.63) is 90.5 Å². The van der Waals surface area contributed by atoms with Crippen LogP contribution in [0.5, 0.6) is 0 Å². The highest BCUT2D eigenvalue weighted by Crippen LogP contribution is 2.63. The third kappa shape index (κ3) is 5.28. The molecule has 0 aliphatic carbocycles. The number of ether oxygens (including phenoxy) is 1. The predicted octanol–water partition coefficient (Wildman–Crippen LogP) is 4.57. The number of aliphatic hydroxyl groups excluding tert-OH is 1. The van der Waals surface area contributed by atoms with Crippen molar-refractivity contribution >= 4 is 23.4 Å². The van der Waals surface area contributed by atoms with E-state index in [9.17, 15) is 19.5 Å². The molecule has 1 N–H and O–H groups in total. The maximum absolute atomic E-state index is 14.9. The lowest BCUT2D eigenvalue weighted by molar-refractivity contribution is -0.150. The second kappa shape index (κ2) is 12.7. The Kier molecular flexibility index (Phi) is 9.14. The molecule has 8 heteroatoms. The van der Waals surface area contributed by atoms with Gasteiger partial charge in [0.25, 0.3) is 5.91 Å². The first kappa shape index (κ1) is 31.7. The zero-order chi connectivity index (χ0) is 31.6. The standard InChI is InChI=1S/C36H45N3O5/c1-6-20-37(24-27-16-9-8-10-17-27)32(41)28-29-33(42)39(22-11-12-23-40)31(36(29)19-18-35(28,5)44-36)34(43)38(21-7-2)30-25(3)14-13-15-26(30)4/h6-10,13-17,28-29,31,40H,1-2,11-12,18-24H2,3-5H3/t28-,29+,31?,35+,36?/m1/s1. The van der Waals surface area contributed by atoms with Crippen molar-refractivity contribution in [1.29, 1.82) is 0 Å². The third-order valence-electron chi connectivity index (χ3n) is 9.75. The summed E-state index contributed by atoms with van der Waals surface area (Å²) >= 11 is 0. The average molecular weight is 600 g/mol. The first-order chi connectivity index (χ1) is 21.1. The van der Waals surface area contributed by atoms with E-state index in [-0.39, 0.29) is 30.9 Å². The Labute approximate surface area is 261 Å². The van der Waals surface area contributed by atoms with E-state index in [0.717, 1.165) is 22.4 Å². The Bertz CT molecular complexity index is 1410. The van der Waals surface area contributed by atoms with Gasteiger partial charge in [-0.15, -0.1) is 13.2 Å². The second-order valence-corrected chi connectivity index (χ2v) is 12.7. The van der Waals surface area contributed by atoms with E-state index in [1.807, 2.05) is 69.3 Å². The van der Waals surface area contributed by atoms with Crippen molar-refractivity contribution in [3.8, 4) is 0 Å². The minimum absolute atomic E-state index is 0.00805. The highest BCUT2D eigenvalue weighted by molar-refractivity contribution is 6.05. The zero-order valence-electron chi connectivity index (χ0n) is 26.2. The number of aliphatic hydroxyl groups is 1. The Morgan fingerprint density at radius 1 is 1.00 bits per heavy atom. The van der Waals surface area contributed by atoms with E-state index in [2.05, 4.69) is 13.2 Å². The molecule has 0 aromatic heterocycles. The number of carbonyl (C=O) groups excluding carboxylic acids is 3. The van der Waals surface area contributed by atoms with Crippen molar-refractivity contribution in [1.82, 2.24) is 9.80 Å². The molecule has 8 nitrogen and oxygen atoms in total. The molecule has 2 unspecified atom stereocenters. The lowest BCUT2D eigenvalue weighted by Gasteiger charge is -2.37. The average Bonchev–Trinajstić information content (AvgIpc) is 3.57. The molecule has 5 rings (SSSR count). The number of amides is 3. The Balaban J connectivity index is 1.57. The number of carbonyl (C=O) groups is 3. The Morgan fingerprint density at radius 3 is 2.32 bits per heavy atom. The number of fused-ring (bicyclic) bond motifs is 1. The summed E-state index contributed by atoms with van der Waals surface area (Å²) in [7, 11) is 0. The second-order valence-electron chi connectivity index (χ2n) is 12.7. The minimum Gasteiger partial charge on any atom is -0.396 e. The number of hydrogen-bond donors (Lipinski definition) is 1. The van der Waals surface area contributed by atoms with Crippen LogP contribution in [0.15, 0.2) is 73.8 Å². The van der Waals surface area contributed by atoms with Gasteiger partial charge < -0.3 is 24.5 Å². The van der Waals surface area contributed by atoms with E-state index in [4.69, 9.17) is 4.74 Å². The summed E-state index contributed by atoms with van der Waals surface area (Å²) in [6.07, 6.45) is 5.51. The molecule has 3 amide bonds. The lowest BCUT2D eigenvalue weighted by Crippen LogP contribution is -2.57. The quantitative estimate of drug-likeness (QED) is 0.269. The number of para-hydroxylation sites is 1. The maximum atomic E-state index is 14.9. The Morgan fingerprint density at radius 2 is 1.68 bits per heavy atom. The fourth-order valence-corrected chi connectivity index (χ4v) is 7.90. The van der Waals surface area contributed by atoms with Crippen LogP contribution in [0, 0.1) is 25.7 Å². The lowest BCUT2D eigenvalue weighted by atomic mass is 9.66. The van der Waals surface area contributed by atoms with Crippen LogP contribution in [0.25, 0.3) is 0 Å². The SMILES string of the molecule is C=CCN(Cc1ccccc1)C(=O)[C@H]1[C@H]2C(=O)N(CCCCO)C(C(=O)N(CC=C)c3c(C)cccc3C)C23CC[C@]1(C)O3. The normalized spacial score (nSPS) is 26.9. The van der Waals surface area contributed by atoms with Gasteiger partial charge in [0.1, 0.15) is 11.6 Å². The summed E-state index contributed by atoms with van der Waals surface area (Å²) in [5, 5.41) is 9.52. The number of anilines is 1. The van der Waals surface area contributed by atoms with Gasteiger partial charge in [-0.3, -0.25) is 14.4 Å². The van der Waals surface area contributed by atoms with Crippen LogP contribution in [0.1, 0.15) is 49.3 Å². The summed E-state index contributed by atoms with van der Waals surface area (Å²) in [4.78, 5) is 49.0. The van der Waals surface area contributed by atoms with Gasteiger partial charge in [0.15, 0.2) is 0 Å². The van der Waals surface area contributed by atoms with Crippen molar-refractivity contribution in [2.45, 2.75) is 70.2 Å². The molecule has 3 aliphatic rings. The van der Waals surface area contributed by atoms with E-state index in [1.165, 1.54) is 0 Å². The summed E-state index contributed by atoms with van der Waals surface area (Å²) in [5.74, 6) is -2.13. The van der Waals surface area contributed by atoms with Crippen LogP contribution in [0.2, 0.25) is 0 Å². The van der Waals surface area contributed by atoms with Gasteiger partial charge in [0.05, 0.1) is 17.4 Å². The molecule has 3 fully saturated rings. The van der Waals surface area contributed by atoms with Crippen LogP contribution in [-0.2, 0) is 25.7 Å². The number of aryl methyl sites for hydroxylation is 2. The molecule has 5 atom stereocenters. The van der Waals surface area contributed by atoms with Crippen LogP contribution in [0.4, 0.5) is 5.69 Å². The van der Waals surface area contributed by atoms with Gasteiger partial charge in [-0.05, 0) is 63.1 Å². The van der Waals surface area contributed by atoms with Gasteiger partial charge in [-0.2, -0.15) is 0 Å². The van der Waals surface area contributed by atoms with Crippen molar-refractivity contribution in [2.75, 3.05) is 31.1 Å². The maximum Gasteiger partial charge on any atom is 0.253 e. The molecule has 0 radical (unpaired) electrons. The van der Waals surface area contributed by atoms with Gasteiger partial charge in [-0.25, -0.2) is 0 Å². The van der Waals surface area contributed by atoms with Crippen LogP contribution in [-0.4, -0.2) is 76.1 Å². The fraction of sp³-hybridized carbons (Fsp3) is 0.472. The number of rotatable bonds is 13. The first-order valence-electron chi connectivity index (χ1n) is 15.7. The molecule has 1 spiro atoms. The number of benzene rings is 2. The van der Waals surface area contributed by atoms with Gasteiger partial charge in [0.2, 0.25) is 11.8 Å². The van der Waals surface area contributed by atoms with Crippen LogP contribution >= 0.6 is 0 Å². The van der Waals surface area contributed by atoms with Crippen LogP contribution in [0.3, 0.4) is 0 Å². The smallest absolute Gasteiger partial charge is 0.253 e. The van der Waals surface area contributed by atoms with E-state index >= 15 is 0 Å². The van der Waals surface area contributed by atoms with Crippen LogP contribution < -0.4 is 4.90 Å². The Hall–Kier alpha value is -3.75. The molecule has 0 saturated carbocycles. The topological polar surface area (TPSA) is 90.4 Å². The fourth-order valence-electron chi connectivity index (χ4n) is 7.90. The molecular formula is C36H45N3O5. The number of nitrogens with zero attached hydrogens (tertiary/aromatic N) is 3. The number of unbranched alkanes of at least 4 members (excludes halogenated alkanes) is 1. The summed E-state index contributed by atoms with van der Waals surface area (Å²) in [6.45, 7) is 15.0. The molecule has 3 heterocycles. The van der Waals surface area contributed by atoms with Crippen molar-refractivity contribution in [3.63, 3.8) is 0 Å². The summed E-state index contributed by atoms with van der Waals surface area (Å²) < 4.78 is 6.89. The molecule has 3 saturated heterocycles. The molecule has 2 bridgehead atoms. The molecule has 2 aromatic rings. The number of hydrogen-bond acceptors (Lipinski definition) is 5. The molecular weight excluding hydrogens is 554 g/mol. The first-order valence-corrected chi connectivity index (χ1v) is 15.7. The summed E-state index contributed by atoms with van der Waals surface area (Å²) in [6, 6.07) is 14.8. The van der Waals surface area contributed by atoms with E-state index < -0.39 is 29.1 Å². The minimum atomic E-state index is -1.13. The van der Waals surface area contributed by atoms with Crippen molar-refractivity contribution in [2.24, 2.45) is 11.8 Å². The van der Waals surface area contributed by atoms with Gasteiger partial charge >= 0.3 is 0 Å². The summed E-state index contributed by atoms with van der Waals surface area (Å²) in [5.41, 5.74) is 1.66. The molecule has 3 aliphatic heterocycles. The van der Waals surface area contributed by atoms with Gasteiger partial charge in [0, 0.05) is 38.5 Å². The predicted molar refractivity (Wildman–Crippen MR) is 171 cm³/mol. The highest BCUT2D eigenvalue weighted by atomic mass is 16.5.